The number of anilines is 3. The SMILES string of the molecule is CN1c2c(cc(Nc3ccc(C#N)nc3)cc2C(F)(F)F)[C@@H]2CNCC[C@@H]21. The van der Waals surface area contributed by atoms with Crippen molar-refractivity contribution in [2.75, 3.05) is 30.4 Å². The Balaban J connectivity index is 1.77. The summed E-state index contributed by atoms with van der Waals surface area (Å²) in [6, 6.07) is 8.10. The largest absolute Gasteiger partial charge is 0.418 e. The number of nitriles is 1. The van der Waals surface area contributed by atoms with Crippen LogP contribution in [-0.4, -0.2) is 31.2 Å². The van der Waals surface area contributed by atoms with Crippen molar-refractivity contribution in [1.82, 2.24) is 10.3 Å². The average molecular weight is 373 g/mol. The van der Waals surface area contributed by atoms with Crippen molar-refractivity contribution in [1.29, 1.82) is 5.26 Å². The van der Waals surface area contributed by atoms with Crippen molar-refractivity contribution in [3.8, 4) is 6.07 Å². The average Bonchev–Trinajstić information content (AvgIpc) is 2.94. The van der Waals surface area contributed by atoms with Gasteiger partial charge in [-0.1, -0.05) is 0 Å². The van der Waals surface area contributed by atoms with Gasteiger partial charge in [0, 0.05) is 31.2 Å². The molecule has 0 amide bonds. The minimum absolute atomic E-state index is 0.0284. The van der Waals surface area contributed by atoms with Gasteiger partial charge in [0.15, 0.2) is 0 Å². The summed E-state index contributed by atoms with van der Waals surface area (Å²) >= 11 is 0. The molecular weight excluding hydrogens is 355 g/mol. The zero-order valence-corrected chi connectivity index (χ0v) is 14.6. The van der Waals surface area contributed by atoms with Gasteiger partial charge in [-0.25, -0.2) is 4.98 Å². The van der Waals surface area contributed by atoms with Crippen molar-refractivity contribution in [3.63, 3.8) is 0 Å². The van der Waals surface area contributed by atoms with Gasteiger partial charge in [0.2, 0.25) is 0 Å². The third kappa shape index (κ3) is 3.08. The van der Waals surface area contributed by atoms with E-state index in [1.54, 1.807) is 24.1 Å². The molecule has 2 N–H and O–H groups in total. The summed E-state index contributed by atoms with van der Waals surface area (Å²) in [4.78, 5) is 5.74. The molecule has 2 aliphatic rings. The first kappa shape index (κ1) is 17.6. The second-order valence-electron chi connectivity index (χ2n) is 6.91. The Hall–Kier alpha value is -2.79. The van der Waals surface area contributed by atoms with Gasteiger partial charge in [0.05, 0.1) is 23.1 Å². The van der Waals surface area contributed by atoms with E-state index in [1.165, 1.54) is 12.3 Å². The van der Waals surface area contributed by atoms with Crippen LogP contribution in [0.4, 0.5) is 30.2 Å². The number of halogens is 3. The van der Waals surface area contributed by atoms with E-state index >= 15 is 0 Å². The summed E-state index contributed by atoms with van der Waals surface area (Å²) in [5.74, 6) is 0.0284. The van der Waals surface area contributed by atoms with Crippen molar-refractivity contribution in [3.05, 3.63) is 47.3 Å². The first-order chi connectivity index (χ1) is 12.9. The molecule has 0 radical (unpaired) electrons. The van der Waals surface area contributed by atoms with E-state index in [0.717, 1.165) is 19.0 Å². The topological polar surface area (TPSA) is 64.0 Å². The first-order valence-electron chi connectivity index (χ1n) is 8.70. The van der Waals surface area contributed by atoms with Crippen molar-refractivity contribution < 1.29 is 13.2 Å². The van der Waals surface area contributed by atoms with Crippen LogP contribution in [0.25, 0.3) is 0 Å². The number of piperidine rings is 1. The monoisotopic (exact) mass is 373 g/mol. The summed E-state index contributed by atoms with van der Waals surface area (Å²) < 4.78 is 41.4. The van der Waals surface area contributed by atoms with E-state index in [9.17, 15) is 13.2 Å². The number of pyridine rings is 1. The molecule has 0 aliphatic carbocycles. The zero-order chi connectivity index (χ0) is 19.2. The molecule has 0 unspecified atom stereocenters. The van der Waals surface area contributed by atoms with Gasteiger partial charge in [-0.2, -0.15) is 18.4 Å². The molecule has 2 aliphatic heterocycles. The number of aromatic nitrogens is 1. The molecule has 27 heavy (non-hydrogen) atoms. The highest BCUT2D eigenvalue weighted by Crippen LogP contribution is 2.50. The fraction of sp³-hybridized carbons (Fsp3) is 0.368. The highest BCUT2D eigenvalue weighted by atomic mass is 19.4. The molecule has 2 aromatic rings. The molecule has 1 saturated heterocycles. The fourth-order valence-corrected chi connectivity index (χ4v) is 4.11. The van der Waals surface area contributed by atoms with Crippen LogP contribution in [-0.2, 0) is 6.18 Å². The molecule has 8 heteroatoms. The molecule has 0 bridgehead atoms. The van der Waals surface area contributed by atoms with Crippen LogP contribution in [0.3, 0.4) is 0 Å². The Morgan fingerprint density at radius 3 is 2.78 bits per heavy atom. The van der Waals surface area contributed by atoms with Gasteiger partial charge in [-0.05, 0) is 42.8 Å². The minimum Gasteiger partial charge on any atom is -0.370 e. The number of fused-ring (bicyclic) bond motifs is 3. The third-order valence-electron chi connectivity index (χ3n) is 5.31. The first-order valence-corrected chi connectivity index (χ1v) is 8.70. The van der Waals surface area contributed by atoms with Crippen LogP contribution in [0.2, 0.25) is 0 Å². The van der Waals surface area contributed by atoms with Crippen LogP contribution >= 0.6 is 0 Å². The van der Waals surface area contributed by atoms with Crippen LogP contribution in [0.15, 0.2) is 30.5 Å². The summed E-state index contributed by atoms with van der Waals surface area (Å²) in [7, 11) is 1.75. The number of rotatable bonds is 2. The van der Waals surface area contributed by atoms with Gasteiger partial charge in [-0.15, -0.1) is 0 Å². The van der Waals surface area contributed by atoms with Crippen LogP contribution in [0.5, 0.6) is 0 Å². The number of benzene rings is 1. The Bertz CT molecular complexity index is 901. The van der Waals surface area contributed by atoms with Gasteiger partial charge in [0.25, 0.3) is 0 Å². The lowest BCUT2D eigenvalue weighted by molar-refractivity contribution is -0.137. The second-order valence-corrected chi connectivity index (χ2v) is 6.91. The minimum atomic E-state index is -4.44. The molecule has 2 atom stereocenters. The number of nitrogens with one attached hydrogen (secondary N) is 2. The van der Waals surface area contributed by atoms with E-state index in [0.29, 0.717) is 23.5 Å². The smallest absolute Gasteiger partial charge is 0.370 e. The van der Waals surface area contributed by atoms with Gasteiger partial charge in [-0.3, -0.25) is 0 Å². The number of nitrogens with zero attached hydrogens (tertiary/aromatic N) is 3. The fourth-order valence-electron chi connectivity index (χ4n) is 4.11. The summed E-state index contributed by atoms with van der Waals surface area (Å²) in [6.07, 6.45) is -2.19. The van der Waals surface area contributed by atoms with E-state index in [-0.39, 0.29) is 23.3 Å². The predicted molar refractivity (Wildman–Crippen MR) is 96.1 cm³/mol. The molecule has 0 saturated carbocycles. The van der Waals surface area contributed by atoms with Gasteiger partial charge >= 0.3 is 6.18 Å². The third-order valence-corrected chi connectivity index (χ3v) is 5.31. The Morgan fingerprint density at radius 1 is 1.30 bits per heavy atom. The Labute approximate surface area is 154 Å². The van der Waals surface area contributed by atoms with E-state index in [1.807, 2.05) is 6.07 Å². The standard InChI is InChI=1S/C19H18F3N5/c1-27-17-4-5-24-10-15(17)14-6-13(7-16(18(14)27)19(20,21)22)26-12-3-2-11(8-23)25-9-12/h2-3,6-7,9,15,17,24,26H,4-5,10H2,1H3/t15-,17-/m0/s1. The molecule has 1 fully saturated rings. The Kier molecular flexibility index (Phi) is 4.19. The molecule has 3 heterocycles. The van der Waals surface area contributed by atoms with E-state index in [2.05, 4.69) is 15.6 Å². The lowest BCUT2D eigenvalue weighted by Gasteiger charge is -2.31. The quantitative estimate of drug-likeness (QED) is 0.842. The molecule has 140 valence electrons. The number of hydrogen-bond donors (Lipinski definition) is 2. The lowest BCUT2D eigenvalue weighted by Crippen LogP contribution is -2.42. The van der Waals surface area contributed by atoms with E-state index in [4.69, 9.17) is 5.26 Å². The molecule has 4 rings (SSSR count). The number of alkyl halides is 3. The normalized spacial score (nSPS) is 21.4. The van der Waals surface area contributed by atoms with Crippen LogP contribution < -0.4 is 15.5 Å². The molecular formula is C19H18F3N5. The summed E-state index contributed by atoms with van der Waals surface area (Å²) in [5.41, 5.74) is 1.53. The van der Waals surface area contributed by atoms with Crippen LogP contribution in [0.1, 0.15) is 29.2 Å². The van der Waals surface area contributed by atoms with Crippen molar-refractivity contribution >= 4 is 17.1 Å². The maximum Gasteiger partial charge on any atom is 0.418 e. The van der Waals surface area contributed by atoms with Crippen molar-refractivity contribution in [2.24, 2.45) is 0 Å². The zero-order valence-electron chi connectivity index (χ0n) is 14.6. The maximum atomic E-state index is 13.8. The van der Waals surface area contributed by atoms with Gasteiger partial charge in [0.1, 0.15) is 11.8 Å². The maximum absolute atomic E-state index is 13.8. The summed E-state index contributed by atoms with van der Waals surface area (Å²) in [6.45, 7) is 1.48. The Morgan fingerprint density at radius 2 is 2.11 bits per heavy atom. The highest BCUT2D eigenvalue weighted by Gasteiger charge is 2.45. The van der Waals surface area contributed by atoms with Crippen LogP contribution in [0, 0.1) is 11.3 Å². The van der Waals surface area contributed by atoms with Gasteiger partial charge < -0.3 is 15.5 Å². The lowest BCUT2D eigenvalue weighted by atomic mass is 9.89. The molecule has 1 aromatic heterocycles. The molecule has 0 spiro atoms. The van der Waals surface area contributed by atoms with Crippen molar-refractivity contribution in [2.45, 2.75) is 24.6 Å². The second kappa shape index (κ2) is 6.43. The number of likely N-dealkylation sites (N-methyl/N-ethyl adjacent to an activating group) is 1. The number of hydrogen-bond acceptors (Lipinski definition) is 5. The molecule has 1 aromatic carbocycles. The van der Waals surface area contributed by atoms with E-state index < -0.39 is 11.7 Å². The summed E-state index contributed by atoms with van der Waals surface area (Å²) in [5, 5.41) is 15.1. The molecule has 5 nitrogen and oxygen atoms in total. The highest BCUT2D eigenvalue weighted by molar-refractivity contribution is 5.74. The predicted octanol–water partition coefficient (Wildman–Crippen LogP) is 3.61.